The van der Waals surface area contributed by atoms with Gasteiger partial charge in [-0.2, -0.15) is 0 Å². The second-order valence-electron chi connectivity index (χ2n) is 5.38. The third kappa shape index (κ3) is 2.22. The molecule has 0 spiro atoms. The normalized spacial score (nSPS) is 13.4. The van der Waals surface area contributed by atoms with E-state index >= 15 is 0 Å². The predicted molar refractivity (Wildman–Crippen MR) is 77.7 cm³/mol. The summed E-state index contributed by atoms with van der Waals surface area (Å²) in [5, 5.41) is 0. The minimum absolute atomic E-state index is 0.458. The first-order valence-electron chi connectivity index (χ1n) is 6.81. The molecule has 0 fully saturated rings. The highest BCUT2D eigenvalue weighted by molar-refractivity contribution is 5.79. The molecule has 98 valence electrons. The van der Waals surface area contributed by atoms with Gasteiger partial charge in [-0.1, -0.05) is 20.8 Å². The fourth-order valence-electron chi connectivity index (χ4n) is 2.32. The van der Waals surface area contributed by atoms with Crippen molar-refractivity contribution in [2.24, 2.45) is 5.92 Å². The van der Waals surface area contributed by atoms with Gasteiger partial charge in [-0.05, 0) is 37.5 Å². The number of rotatable bonds is 4. The van der Waals surface area contributed by atoms with Gasteiger partial charge >= 0.3 is 0 Å². The van der Waals surface area contributed by atoms with Crippen molar-refractivity contribution in [1.82, 2.24) is 9.55 Å². The fourth-order valence-corrected chi connectivity index (χ4v) is 2.32. The van der Waals surface area contributed by atoms with Gasteiger partial charge in [-0.15, -0.1) is 0 Å². The van der Waals surface area contributed by atoms with Crippen molar-refractivity contribution < 1.29 is 0 Å². The molecule has 2 N–H and O–H groups in total. The molecule has 0 aliphatic heterocycles. The number of nitrogens with zero attached hydrogens (tertiary/aromatic N) is 2. The topological polar surface area (TPSA) is 43.8 Å². The van der Waals surface area contributed by atoms with E-state index in [1.165, 1.54) is 11.3 Å². The van der Waals surface area contributed by atoms with Crippen LogP contribution >= 0.6 is 0 Å². The molecule has 1 aromatic heterocycles. The van der Waals surface area contributed by atoms with Crippen LogP contribution in [0, 0.1) is 5.92 Å². The van der Waals surface area contributed by atoms with Crippen molar-refractivity contribution in [3.8, 4) is 0 Å². The molecule has 18 heavy (non-hydrogen) atoms. The average Bonchev–Trinajstić information content (AvgIpc) is 2.65. The number of benzene rings is 1. The lowest BCUT2D eigenvalue weighted by Gasteiger charge is -2.21. The Bertz CT molecular complexity index is 540. The number of hydrogen-bond donors (Lipinski definition) is 1. The van der Waals surface area contributed by atoms with E-state index < -0.39 is 0 Å². The third-order valence-electron chi connectivity index (χ3n) is 3.63. The van der Waals surface area contributed by atoms with Gasteiger partial charge in [0.25, 0.3) is 0 Å². The molecule has 0 saturated carbocycles. The summed E-state index contributed by atoms with van der Waals surface area (Å²) in [6.45, 7) is 8.96. The number of nitrogens with two attached hydrogens (primary N) is 1. The molecule has 2 aromatic rings. The van der Waals surface area contributed by atoms with Crippen LogP contribution in [-0.4, -0.2) is 9.55 Å². The summed E-state index contributed by atoms with van der Waals surface area (Å²) in [6, 6.07) is 6.48. The van der Waals surface area contributed by atoms with E-state index in [0.29, 0.717) is 12.0 Å². The summed E-state index contributed by atoms with van der Waals surface area (Å²) in [4.78, 5) is 4.75. The highest BCUT2D eigenvalue weighted by Gasteiger charge is 2.17. The van der Waals surface area contributed by atoms with Crippen molar-refractivity contribution in [3.05, 3.63) is 24.0 Å². The van der Waals surface area contributed by atoms with Crippen LogP contribution in [0.15, 0.2) is 18.2 Å². The minimum atomic E-state index is 0.458. The zero-order chi connectivity index (χ0) is 13.3. The Morgan fingerprint density at radius 2 is 2.00 bits per heavy atom. The van der Waals surface area contributed by atoms with Gasteiger partial charge in [-0.3, -0.25) is 0 Å². The Morgan fingerprint density at radius 3 is 2.61 bits per heavy atom. The monoisotopic (exact) mass is 245 g/mol. The maximum absolute atomic E-state index is 5.84. The summed E-state index contributed by atoms with van der Waals surface area (Å²) >= 11 is 0. The molecule has 0 amide bonds. The van der Waals surface area contributed by atoms with E-state index in [0.717, 1.165) is 24.0 Å². The molecule has 3 nitrogen and oxygen atoms in total. The molecule has 0 saturated heterocycles. The third-order valence-corrected chi connectivity index (χ3v) is 3.63. The zero-order valence-corrected chi connectivity index (χ0v) is 11.8. The number of imidazole rings is 1. The van der Waals surface area contributed by atoms with E-state index in [2.05, 4.69) is 38.3 Å². The molecular formula is C15H23N3. The lowest BCUT2D eigenvalue weighted by molar-refractivity contribution is 0.405. The number of fused-ring (bicyclic) bond motifs is 1. The standard InChI is InChI=1S/C15H23N3/c1-5-6-15-17-13-9-12(16)7-8-14(13)18(15)11(4)10(2)3/h7-11H,5-6,16H2,1-4H3. The largest absolute Gasteiger partial charge is 0.399 e. The van der Waals surface area contributed by atoms with E-state index in [4.69, 9.17) is 10.7 Å². The van der Waals surface area contributed by atoms with Crippen LogP contribution in [0.4, 0.5) is 5.69 Å². The van der Waals surface area contributed by atoms with Crippen LogP contribution in [0.3, 0.4) is 0 Å². The molecule has 1 unspecified atom stereocenters. The van der Waals surface area contributed by atoms with Crippen LogP contribution in [0.1, 0.15) is 46.0 Å². The summed E-state index contributed by atoms with van der Waals surface area (Å²) in [5.41, 5.74) is 8.85. The lowest BCUT2D eigenvalue weighted by atomic mass is 10.1. The number of aryl methyl sites for hydroxylation is 1. The fraction of sp³-hybridized carbons (Fsp3) is 0.533. The van der Waals surface area contributed by atoms with Gasteiger partial charge in [-0.25, -0.2) is 4.98 Å². The molecule has 0 aliphatic rings. The Balaban J connectivity index is 2.62. The van der Waals surface area contributed by atoms with E-state index in [1.54, 1.807) is 0 Å². The summed E-state index contributed by atoms with van der Waals surface area (Å²) in [5.74, 6) is 1.77. The van der Waals surface area contributed by atoms with Gasteiger partial charge in [0.05, 0.1) is 11.0 Å². The van der Waals surface area contributed by atoms with E-state index in [-0.39, 0.29) is 0 Å². The molecule has 1 aromatic carbocycles. The number of nitrogen functional groups attached to an aromatic ring is 1. The SMILES string of the molecule is CCCc1nc2cc(N)ccc2n1C(C)C(C)C. The van der Waals surface area contributed by atoms with Crippen molar-refractivity contribution in [1.29, 1.82) is 0 Å². The summed E-state index contributed by atoms with van der Waals surface area (Å²) in [6.07, 6.45) is 2.13. The first-order valence-corrected chi connectivity index (χ1v) is 6.81. The predicted octanol–water partition coefficient (Wildman–Crippen LogP) is 3.79. The molecular weight excluding hydrogens is 222 g/mol. The number of aromatic nitrogens is 2. The first kappa shape index (κ1) is 12.9. The second-order valence-corrected chi connectivity index (χ2v) is 5.38. The Labute approximate surface area is 109 Å². The molecule has 1 atom stereocenters. The maximum Gasteiger partial charge on any atom is 0.110 e. The lowest BCUT2D eigenvalue weighted by Crippen LogP contribution is -2.14. The van der Waals surface area contributed by atoms with Crippen molar-refractivity contribution in [2.45, 2.75) is 46.6 Å². The van der Waals surface area contributed by atoms with E-state index in [9.17, 15) is 0 Å². The highest BCUT2D eigenvalue weighted by atomic mass is 15.1. The molecule has 0 bridgehead atoms. The van der Waals surface area contributed by atoms with Crippen LogP contribution in [0.2, 0.25) is 0 Å². The average molecular weight is 245 g/mol. The van der Waals surface area contributed by atoms with Crippen LogP contribution in [0.5, 0.6) is 0 Å². The highest BCUT2D eigenvalue weighted by Crippen LogP contribution is 2.27. The zero-order valence-electron chi connectivity index (χ0n) is 11.8. The minimum Gasteiger partial charge on any atom is -0.399 e. The molecule has 1 heterocycles. The Hall–Kier alpha value is -1.51. The van der Waals surface area contributed by atoms with Crippen molar-refractivity contribution >= 4 is 16.7 Å². The number of anilines is 1. The van der Waals surface area contributed by atoms with Crippen molar-refractivity contribution in [2.75, 3.05) is 5.73 Å². The van der Waals surface area contributed by atoms with Crippen LogP contribution in [0.25, 0.3) is 11.0 Å². The summed E-state index contributed by atoms with van der Waals surface area (Å²) < 4.78 is 2.38. The molecule has 0 radical (unpaired) electrons. The van der Waals surface area contributed by atoms with Crippen molar-refractivity contribution in [3.63, 3.8) is 0 Å². The van der Waals surface area contributed by atoms with E-state index in [1.807, 2.05) is 12.1 Å². The molecule has 0 aliphatic carbocycles. The second kappa shape index (κ2) is 5.01. The van der Waals surface area contributed by atoms with Gasteiger partial charge in [0.2, 0.25) is 0 Å². The quantitative estimate of drug-likeness (QED) is 0.833. The van der Waals surface area contributed by atoms with Gasteiger partial charge in [0.1, 0.15) is 5.82 Å². The Kier molecular flexibility index (Phi) is 3.60. The van der Waals surface area contributed by atoms with Gasteiger partial charge in [0, 0.05) is 18.2 Å². The first-order chi connectivity index (χ1) is 8.54. The maximum atomic E-state index is 5.84. The molecule has 2 rings (SSSR count). The van der Waals surface area contributed by atoms with Crippen LogP contribution < -0.4 is 5.73 Å². The van der Waals surface area contributed by atoms with Gasteiger partial charge < -0.3 is 10.3 Å². The van der Waals surface area contributed by atoms with Gasteiger partial charge in [0.15, 0.2) is 0 Å². The number of hydrogen-bond acceptors (Lipinski definition) is 2. The Morgan fingerprint density at radius 1 is 1.28 bits per heavy atom. The smallest absolute Gasteiger partial charge is 0.110 e. The summed E-state index contributed by atoms with van der Waals surface area (Å²) in [7, 11) is 0. The van der Waals surface area contributed by atoms with Crippen LogP contribution in [-0.2, 0) is 6.42 Å². The molecule has 3 heteroatoms.